The molecule has 0 aliphatic rings. The van der Waals surface area contributed by atoms with Gasteiger partial charge < -0.3 is 14.5 Å². The summed E-state index contributed by atoms with van der Waals surface area (Å²) in [4.78, 5) is 40.7. The molecule has 1 amide bonds. The predicted octanol–water partition coefficient (Wildman–Crippen LogP) is 2.85. The van der Waals surface area contributed by atoms with E-state index in [-0.39, 0.29) is 5.58 Å². The molecule has 0 atom stereocenters. The first-order chi connectivity index (χ1) is 14.4. The second-order valence-electron chi connectivity index (χ2n) is 6.31. The highest BCUT2D eigenvalue weighted by atomic mass is 19.1. The van der Waals surface area contributed by atoms with E-state index in [1.54, 1.807) is 24.3 Å². The maximum absolute atomic E-state index is 14.0. The molecule has 0 fully saturated rings. The average molecular weight is 413 g/mol. The molecule has 0 aliphatic heterocycles. The monoisotopic (exact) mass is 413 g/mol. The number of methoxy groups -OCH3 is 1. The van der Waals surface area contributed by atoms with Gasteiger partial charge in [0.1, 0.15) is 29.3 Å². The lowest BCUT2D eigenvalue weighted by atomic mass is 10.1. The highest BCUT2D eigenvalue weighted by Gasteiger charge is 2.19. The molecule has 0 radical (unpaired) electrons. The van der Waals surface area contributed by atoms with E-state index in [4.69, 9.17) is 4.42 Å². The molecule has 0 saturated carbocycles. The summed E-state index contributed by atoms with van der Waals surface area (Å²) >= 11 is 0. The Bertz CT molecular complexity index is 1380. The molecular formula is C20H13F2N3O5. The minimum Gasteiger partial charge on any atom is -0.465 e. The maximum atomic E-state index is 14.0. The lowest BCUT2D eigenvalue weighted by molar-refractivity contribution is -0.116. The standard InChI is InChI=1S/C20H13F2N3O5/c1-29-20(28)11-6-14(13(22)7-12(11)21)24-16(26)8-25-9-23-17-10-4-2-3-5-15(10)30-18(17)19(25)27/h2-7,9H,8H2,1H3,(H,24,26). The molecule has 30 heavy (non-hydrogen) atoms. The van der Waals surface area contributed by atoms with Crippen molar-refractivity contribution in [2.24, 2.45) is 0 Å². The molecule has 1 N–H and O–H groups in total. The third-order valence-corrected chi connectivity index (χ3v) is 4.40. The summed E-state index contributed by atoms with van der Waals surface area (Å²) in [5, 5.41) is 2.86. The van der Waals surface area contributed by atoms with Crippen LogP contribution in [0.5, 0.6) is 0 Å². The summed E-state index contributed by atoms with van der Waals surface area (Å²) in [5.41, 5.74) is -0.763. The van der Waals surface area contributed by atoms with Gasteiger partial charge in [-0.25, -0.2) is 18.6 Å². The van der Waals surface area contributed by atoms with E-state index in [2.05, 4.69) is 15.0 Å². The normalized spacial score (nSPS) is 11.0. The number of rotatable bonds is 4. The largest absolute Gasteiger partial charge is 0.465 e. The van der Waals surface area contributed by atoms with E-state index in [0.717, 1.165) is 17.7 Å². The van der Waals surface area contributed by atoms with Gasteiger partial charge in [-0.05, 0) is 18.2 Å². The summed E-state index contributed by atoms with van der Waals surface area (Å²) in [6.07, 6.45) is 1.17. The summed E-state index contributed by atoms with van der Waals surface area (Å²) < 4.78 is 38.7. The van der Waals surface area contributed by atoms with Crippen LogP contribution in [0.1, 0.15) is 10.4 Å². The molecule has 0 spiro atoms. The van der Waals surface area contributed by atoms with Gasteiger partial charge in [0, 0.05) is 11.5 Å². The van der Waals surface area contributed by atoms with Crippen LogP contribution in [0.3, 0.4) is 0 Å². The van der Waals surface area contributed by atoms with Crippen LogP contribution < -0.4 is 10.9 Å². The first kappa shape index (κ1) is 19.2. The fraction of sp³-hybridized carbons (Fsp3) is 0.100. The van der Waals surface area contributed by atoms with Gasteiger partial charge in [0.25, 0.3) is 5.56 Å². The molecular weight excluding hydrogens is 400 g/mol. The molecule has 4 rings (SSSR count). The van der Waals surface area contributed by atoms with Crippen molar-refractivity contribution in [3.8, 4) is 0 Å². The molecule has 0 unspecified atom stereocenters. The molecule has 2 aromatic heterocycles. The number of halogens is 2. The van der Waals surface area contributed by atoms with Gasteiger partial charge in [-0.2, -0.15) is 0 Å². The molecule has 2 heterocycles. The molecule has 0 bridgehead atoms. The molecule has 2 aromatic carbocycles. The second-order valence-corrected chi connectivity index (χ2v) is 6.31. The number of fused-ring (bicyclic) bond motifs is 3. The SMILES string of the molecule is COC(=O)c1cc(NC(=O)Cn2cnc3c(oc4ccccc43)c2=O)c(F)cc1F. The number of nitrogens with one attached hydrogen (secondary N) is 1. The van der Waals surface area contributed by atoms with Gasteiger partial charge >= 0.3 is 5.97 Å². The summed E-state index contributed by atoms with van der Waals surface area (Å²) in [7, 11) is 1.04. The second kappa shape index (κ2) is 7.39. The molecule has 4 aromatic rings. The van der Waals surface area contributed by atoms with Crippen molar-refractivity contribution >= 4 is 39.6 Å². The lowest BCUT2D eigenvalue weighted by Gasteiger charge is -2.10. The number of aromatic nitrogens is 2. The van der Waals surface area contributed by atoms with E-state index in [9.17, 15) is 23.2 Å². The molecule has 8 nitrogen and oxygen atoms in total. The Labute approximate surface area is 166 Å². The lowest BCUT2D eigenvalue weighted by Crippen LogP contribution is -2.28. The zero-order chi connectivity index (χ0) is 21.4. The summed E-state index contributed by atoms with van der Waals surface area (Å²) in [5.74, 6) is -4.05. The van der Waals surface area contributed by atoms with Crippen LogP contribution >= 0.6 is 0 Å². The van der Waals surface area contributed by atoms with Crippen molar-refractivity contribution in [1.82, 2.24) is 9.55 Å². The quantitative estimate of drug-likeness (QED) is 0.516. The molecule has 0 saturated heterocycles. The smallest absolute Gasteiger partial charge is 0.340 e. The Balaban J connectivity index is 1.62. The van der Waals surface area contributed by atoms with Crippen molar-refractivity contribution in [1.29, 1.82) is 0 Å². The van der Waals surface area contributed by atoms with Gasteiger partial charge in [0.05, 0.1) is 24.7 Å². The van der Waals surface area contributed by atoms with Gasteiger partial charge in [-0.15, -0.1) is 0 Å². The molecule has 10 heteroatoms. The summed E-state index contributed by atoms with van der Waals surface area (Å²) in [6, 6.07) is 8.23. The summed E-state index contributed by atoms with van der Waals surface area (Å²) in [6.45, 7) is -0.511. The highest BCUT2D eigenvalue weighted by Crippen LogP contribution is 2.24. The van der Waals surface area contributed by atoms with E-state index in [0.29, 0.717) is 22.6 Å². The number of nitrogens with zero attached hydrogens (tertiary/aromatic N) is 2. The maximum Gasteiger partial charge on any atom is 0.340 e. The predicted molar refractivity (Wildman–Crippen MR) is 102 cm³/mol. The third kappa shape index (κ3) is 3.28. The number of carbonyl (C=O) groups excluding carboxylic acids is 2. The van der Waals surface area contributed by atoms with E-state index < -0.39 is 46.9 Å². The molecule has 0 aliphatic carbocycles. The van der Waals surface area contributed by atoms with Crippen molar-refractivity contribution in [3.05, 3.63) is 70.3 Å². The van der Waals surface area contributed by atoms with E-state index in [1.165, 1.54) is 6.33 Å². The average Bonchev–Trinajstić information content (AvgIpc) is 3.11. The number of anilines is 1. The number of carbonyl (C=O) groups is 2. The molecule has 152 valence electrons. The number of hydrogen-bond donors (Lipinski definition) is 1. The Morgan fingerprint density at radius 2 is 1.97 bits per heavy atom. The van der Waals surface area contributed by atoms with Crippen LogP contribution in [0, 0.1) is 11.6 Å². The Morgan fingerprint density at radius 1 is 1.20 bits per heavy atom. The Morgan fingerprint density at radius 3 is 2.73 bits per heavy atom. The van der Waals surface area contributed by atoms with Gasteiger partial charge in [-0.1, -0.05) is 12.1 Å². The van der Waals surface area contributed by atoms with E-state index >= 15 is 0 Å². The number of furan rings is 1. The number of ether oxygens (including phenoxy) is 1. The van der Waals surface area contributed by atoms with Crippen LogP contribution in [0.4, 0.5) is 14.5 Å². The fourth-order valence-electron chi connectivity index (χ4n) is 2.98. The topological polar surface area (TPSA) is 103 Å². The first-order valence-electron chi connectivity index (χ1n) is 8.63. The van der Waals surface area contributed by atoms with Crippen LogP contribution in [-0.4, -0.2) is 28.5 Å². The number of benzene rings is 2. The van der Waals surface area contributed by atoms with Crippen molar-refractivity contribution in [2.75, 3.05) is 12.4 Å². The van der Waals surface area contributed by atoms with Crippen LogP contribution in [0.25, 0.3) is 22.1 Å². The third-order valence-electron chi connectivity index (χ3n) is 4.40. The van der Waals surface area contributed by atoms with Crippen molar-refractivity contribution < 1.29 is 27.5 Å². The van der Waals surface area contributed by atoms with Gasteiger partial charge in [0.15, 0.2) is 0 Å². The highest BCUT2D eigenvalue weighted by molar-refractivity contribution is 6.02. The zero-order valence-electron chi connectivity index (χ0n) is 15.4. The van der Waals surface area contributed by atoms with Gasteiger partial charge in [0.2, 0.25) is 11.5 Å². The zero-order valence-corrected chi connectivity index (χ0v) is 15.4. The van der Waals surface area contributed by atoms with Crippen molar-refractivity contribution in [3.63, 3.8) is 0 Å². The van der Waals surface area contributed by atoms with Gasteiger partial charge in [-0.3, -0.25) is 14.2 Å². The number of para-hydroxylation sites is 1. The number of hydrogen-bond acceptors (Lipinski definition) is 6. The minimum atomic E-state index is -1.13. The van der Waals surface area contributed by atoms with Crippen molar-refractivity contribution in [2.45, 2.75) is 6.54 Å². The Kier molecular flexibility index (Phi) is 4.74. The van der Waals surface area contributed by atoms with E-state index in [1.807, 2.05) is 0 Å². The minimum absolute atomic E-state index is 0.0209. The van der Waals surface area contributed by atoms with Crippen LogP contribution in [0.2, 0.25) is 0 Å². The first-order valence-corrected chi connectivity index (χ1v) is 8.63. The number of amides is 1. The number of esters is 1. The fourth-order valence-corrected chi connectivity index (χ4v) is 2.98. The van der Waals surface area contributed by atoms with Crippen LogP contribution in [0.15, 0.2) is 51.9 Å². The Hall–Kier alpha value is -4.08. The van der Waals surface area contributed by atoms with Crippen LogP contribution in [-0.2, 0) is 16.1 Å².